The Bertz CT molecular complexity index is 624. The van der Waals surface area contributed by atoms with Crippen molar-refractivity contribution in [1.82, 2.24) is 9.27 Å². The molecule has 2 amide bonds. The van der Waals surface area contributed by atoms with Crippen molar-refractivity contribution in [3.05, 3.63) is 36.1 Å². The van der Waals surface area contributed by atoms with E-state index in [1.54, 1.807) is 36.0 Å². The molecule has 0 unspecified atom stereocenters. The molecule has 1 aromatic heterocycles. The Morgan fingerprint density at radius 1 is 1.24 bits per heavy atom. The Labute approximate surface area is 128 Å². The molecule has 0 atom stereocenters. The Balaban J connectivity index is 2.19. The summed E-state index contributed by atoms with van der Waals surface area (Å²) in [5, 5.41) is 0.756. The van der Waals surface area contributed by atoms with Gasteiger partial charge in [0.15, 0.2) is 0 Å². The molecule has 0 aliphatic rings. The number of rotatable bonds is 3. The molecule has 0 saturated heterocycles. The molecule has 4 nitrogen and oxygen atoms in total. The van der Waals surface area contributed by atoms with Crippen LogP contribution in [0.5, 0.6) is 0 Å². The quantitative estimate of drug-likeness (QED) is 0.863. The van der Waals surface area contributed by atoms with Gasteiger partial charge in [-0.3, -0.25) is 4.90 Å². The Hall–Kier alpha value is -1.95. The maximum Gasteiger partial charge on any atom is 0.324 e. The Kier molecular flexibility index (Phi) is 4.57. The van der Waals surface area contributed by atoms with Crippen molar-refractivity contribution in [2.24, 2.45) is 0 Å². The third-order valence-corrected chi connectivity index (χ3v) is 4.20. The van der Waals surface area contributed by atoms with Crippen LogP contribution in [-0.4, -0.2) is 35.4 Å². The number of hydrogen-bond acceptors (Lipinski definition) is 3. The summed E-state index contributed by atoms with van der Waals surface area (Å²) in [6, 6.07) is 8.03. The summed E-state index contributed by atoms with van der Waals surface area (Å²) in [7, 11) is 3.49. The second kappa shape index (κ2) is 6.22. The van der Waals surface area contributed by atoms with Gasteiger partial charge in [0.25, 0.3) is 0 Å². The van der Waals surface area contributed by atoms with Crippen molar-refractivity contribution < 1.29 is 9.18 Å². The summed E-state index contributed by atoms with van der Waals surface area (Å²) < 4.78 is 17.3. The topological polar surface area (TPSA) is 36.4 Å². The predicted octanol–water partition coefficient (Wildman–Crippen LogP) is 3.85. The van der Waals surface area contributed by atoms with E-state index in [4.69, 9.17) is 0 Å². The minimum atomic E-state index is -0.278. The minimum absolute atomic E-state index is 0.0840. The molecule has 21 heavy (non-hydrogen) atoms. The third-order valence-electron chi connectivity index (χ3n) is 3.33. The van der Waals surface area contributed by atoms with Crippen LogP contribution in [0.3, 0.4) is 0 Å². The minimum Gasteiger partial charge on any atom is -0.325 e. The Morgan fingerprint density at radius 3 is 2.43 bits per heavy atom. The van der Waals surface area contributed by atoms with Gasteiger partial charge in [-0.15, -0.1) is 0 Å². The zero-order chi connectivity index (χ0) is 15.6. The molecule has 0 fully saturated rings. The zero-order valence-electron chi connectivity index (χ0n) is 12.5. The SMILES string of the molecule is CC(C)N(C)C(=O)N(C)c1cc(-c2ccc(F)cc2)ns1. The average molecular weight is 307 g/mol. The summed E-state index contributed by atoms with van der Waals surface area (Å²) in [5.41, 5.74) is 1.57. The first-order chi connectivity index (χ1) is 9.90. The van der Waals surface area contributed by atoms with Gasteiger partial charge < -0.3 is 4.90 Å². The highest BCUT2D eigenvalue weighted by Gasteiger charge is 2.20. The maximum absolute atomic E-state index is 12.9. The normalized spacial score (nSPS) is 10.8. The second-order valence-corrected chi connectivity index (χ2v) is 5.89. The van der Waals surface area contributed by atoms with Crippen molar-refractivity contribution >= 4 is 22.6 Å². The first-order valence-corrected chi connectivity index (χ1v) is 7.40. The smallest absolute Gasteiger partial charge is 0.324 e. The van der Waals surface area contributed by atoms with Crippen LogP contribution in [0.1, 0.15) is 13.8 Å². The lowest BCUT2D eigenvalue weighted by atomic mass is 10.1. The lowest BCUT2D eigenvalue weighted by Gasteiger charge is -2.26. The van der Waals surface area contributed by atoms with Crippen LogP contribution in [0.2, 0.25) is 0 Å². The van der Waals surface area contributed by atoms with E-state index in [-0.39, 0.29) is 17.9 Å². The molecule has 6 heteroatoms. The zero-order valence-corrected chi connectivity index (χ0v) is 13.3. The number of urea groups is 1. The van der Waals surface area contributed by atoms with Crippen molar-refractivity contribution in [2.75, 3.05) is 19.0 Å². The van der Waals surface area contributed by atoms with E-state index in [0.29, 0.717) is 0 Å². The van der Waals surface area contributed by atoms with Crippen LogP contribution in [-0.2, 0) is 0 Å². The highest BCUT2D eigenvalue weighted by atomic mass is 32.1. The van der Waals surface area contributed by atoms with Crippen molar-refractivity contribution in [3.63, 3.8) is 0 Å². The van der Waals surface area contributed by atoms with Crippen LogP contribution in [0, 0.1) is 5.82 Å². The van der Waals surface area contributed by atoms with E-state index in [2.05, 4.69) is 4.37 Å². The van der Waals surface area contributed by atoms with Crippen LogP contribution in [0.25, 0.3) is 11.3 Å². The maximum atomic E-state index is 12.9. The highest BCUT2D eigenvalue weighted by Crippen LogP contribution is 2.28. The van der Waals surface area contributed by atoms with Gasteiger partial charge in [-0.2, -0.15) is 4.37 Å². The second-order valence-electron chi connectivity index (χ2n) is 5.10. The van der Waals surface area contributed by atoms with Crippen LogP contribution >= 0.6 is 11.5 Å². The molecule has 1 aromatic carbocycles. The van der Waals surface area contributed by atoms with Crippen molar-refractivity contribution in [1.29, 1.82) is 0 Å². The van der Waals surface area contributed by atoms with E-state index in [1.807, 2.05) is 19.9 Å². The molecular formula is C15H18FN3OS. The van der Waals surface area contributed by atoms with Gasteiger partial charge in [0.2, 0.25) is 0 Å². The number of hydrogen-bond donors (Lipinski definition) is 0. The number of carbonyl (C=O) groups excluding carboxylic acids is 1. The molecule has 0 aliphatic heterocycles. The average Bonchev–Trinajstić information content (AvgIpc) is 2.95. The fourth-order valence-corrected chi connectivity index (χ4v) is 2.45. The van der Waals surface area contributed by atoms with E-state index in [1.165, 1.54) is 23.7 Å². The lowest BCUT2D eigenvalue weighted by molar-refractivity contribution is 0.206. The van der Waals surface area contributed by atoms with Crippen LogP contribution < -0.4 is 4.90 Å². The monoisotopic (exact) mass is 307 g/mol. The number of anilines is 1. The van der Waals surface area contributed by atoms with E-state index in [0.717, 1.165) is 16.3 Å². The van der Waals surface area contributed by atoms with Gasteiger partial charge >= 0.3 is 6.03 Å². The molecule has 0 bridgehead atoms. The fourth-order valence-electron chi connectivity index (χ4n) is 1.73. The fraction of sp³-hybridized carbons (Fsp3) is 0.333. The molecule has 1 heterocycles. The first-order valence-electron chi connectivity index (χ1n) is 6.63. The highest BCUT2D eigenvalue weighted by molar-refractivity contribution is 7.10. The molecule has 0 saturated carbocycles. The van der Waals surface area contributed by atoms with E-state index >= 15 is 0 Å². The van der Waals surface area contributed by atoms with Crippen molar-refractivity contribution in [2.45, 2.75) is 19.9 Å². The summed E-state index contributed by atoms with van der Waals surface area (Å²) >= 11 is 1.25. The van der Waals surface area contributed by atoms with E-state index in [9.17, 15) is 9.18 Å². The van der Waals surface area contributed by atoms with Crippen molar-refractivity contribution in [3.8, 4) is 11.3 Å². The molecule has 0 spiro atoms. The standard InChI is InChI=1S/C15H18FN3OS/c1-10(2)18(3)15(20)19(4)14-9-13(17-21-14)11-5-7-12(16)8-6-11/h5-10H,1-4H3. The summed E-state index contributed by atoms with van der Waals surface area (Å²) in [5.74, 6) is -0.278. The Morgan fingerprint density at radius 2 is 1.86 bits per heavy atom. The molecule has 2 aromatic rings. The largest absolute Gasteiger partial charge is 0.325 e. The molecular weight excluding hydrogens is 289 g/mol. The molecule has 0 N–H and O–H groups in total. The van der Waals surface area contributed by atoms with Gasteiger partial charge in [0, 0.05) is 31.8 Å². The lowest BCUT2D eigenvalue weighted by Crippen LogP contribution is -2.42. The molecule has 0 aliphatic carbocycles. The third kappa shape index (κ3) is 3.39. The van der Waals surface area contributed by atoms with Crippen LogP contribution in [0.4, 0.5) is 14.2 Å². The number of halogens is 1. The number of carbonyl (C=O) groups is 1. The molecule has 0 radical (unpaired) electrons. The number of aromatic nitrogens is 1. The van der Waals surface area contributed by atoms with E-state index < -0.39 is 0 Å². The number of nitrogens with zero attached hydrogens (tertiary/aromatic N) is 3. The van der Waals surface area contributed by atoms with Gasteiger partial charge in [-0.1, -0.05) is 0 Å². The van der Waals surface area contributed by atoms with Gasteiger partial charge in [0.05, 0.1) is 5.69 Å². The van der Waals surface area contributed by atoms with Gasteiger partial charge in [0.1, 0.15) is 10.8 Å². The van der Waals surface area contributed by atoms with Gasteiger partial charge in [-0.25, -0.2) is 9.18 Å². The first kappa shape index (κ1) is 15.4. The number of benzene rings is 1. The summed E-state index contributed by atoms with van der Waals surface area (Å²) in [6.45, 7) is 3.92. The van der Waals surface area contributed by atoms with Crippen LogP contribution in [0.15, 0.2) is 30.3 Å². The summed E-state index contributed by atoms with van der Waals surface area (Å²) in [4.78, 5) is 15.5. The number of amides is 2. The van der Waals surface area contributed by atoms with Gasteiger partial charge in [-0.05, 0) is 49.6 Å². The molecule has 112 valence electrons. The predicted molar refractivity (Wildman–Crippen MR) is 84.2 cm³/mol. The molecule has 2 rings (SSSR count). The summed E-state index contributed by atoms with van der Waals surface area (Å²) in [6.07, 6.45) is 0.